The highest BCUT2D eigenvalue weighted by Gasteiger charge is 2.31. The normalized spacial score (nSPS) is 12.9. The van der Waals surface area contributed by atoms with Gasteiger partial charge in [0.05, 0.1) is 0 Å². The molecule has 122 valence electrons. The Kier molecular flexibility index (Phi) is 5.38. The molecule has 1 N–H and O–H groups in total. The van der Waals surface area contributed by atoms with E-state index in [1.807, 2.05) is 0 Å². The van der Waals surface area contributed by atoms with E-state index in [4.69, 9.17) is 0 Å². The zero-order valence-electron chi connectivity index (χ0n) is 13.0. The molecule has 0 bridgehead atoms. The monoisotopic (exact) mass is 317 g/mol. The van der Waals surface area contributed by atoms with Crippen LogP contribution in [0, 0.1) is 28.7 Å². The summed E-state index contributed by atoms with van der Waals surface area (Å²) in [4.78, 5) is 12.0. The zero-order chi connectivity index (χ0) is 17.2. The van der Waals surface area contributed by atoms with Crippen LogP contribution in [-0.4, -0.2) is 11.9 Å². The van der Waals surface area contributed by atoms with Gasteiger partial charge < -0.3 is 5.32 Å². The Labute approximate surface area is 127 Å². The van der Waals surface area contributed by atoms with Gasteiger partial charge >= 0.3 is 0 Å². The summed E-state index contributed by atoms with van der Waals surface area (Å²) in [5.41, 5.74) is -2.42. The summed E-state index contributed by atoms with van der Waals surface area (Å²) in [5.74, 6) is -7.75. The van der Waals surface area contributed by atoms with Crippen molar-refractivity contribution in [2.24, 2.45) is 5.41 Å². The molecule has 22 heavy (non-hydrogen) atoms. The molecule has 0 aromatic heterocycles. The van der Waals surface area contributed by atoms with Gasteiger partial charge in [0.1, 0.15) is 5.56 Å². The molecule has 0 saturated carbocycles. The second-order valence-electron chi connectivity index (χ2n) is 6.16. The van der Waals surface area contributed by atoms with Crippen LogP contribution in [0.4, 0.5) is 17.6 Å². The van der Waals surface area contributed by atoms with Crippen molar-refractivity contribution in [2.45, 2.75) is 40.2 Å². The lowest BCUT2D eigenvalue weighted by Crippen LogP contribution is -2.42. The molecule has 1 atom stereocenters. The average molecular weight is 317 g/mol. The van der Waals surface area contributed by atoms with Crippen LogP contribution >= 0.6 is 0 Å². The minimum atomic E-state index is -1.70. The summed E-state index contributed by atoms with van der Waals surface area (Å²) < 4.78 is 55.5. The SMILES string of the molecule is C=CCc1c(F)c(F)c(C(=O)N[C@@H](C)C(C)(C)C)c(F)c1F. The van der Waals surface area contributed by atoms with Crippen LogP contribution < -0.4 is 5.32 Å². The lowest BCUT2D eigenvalue weighted by atomic mass is 9.88. The van der Waals surface area contributed by atoms with E-state index in [9.17, 15) is 22.4 Å². The fraction of sp³-hybridized carbons (Fsp3) is 0.438. The molecule has 0 aliphatic heterocycles. The summed E-state index contributed by atoms with van der Waals surface area (Å²) in [5, 5.41) is 2.35. The highest BCUT2D eigenvalue weighted by molar-refractivity contribution is 5.95. The van der Waals surface area contributed by atoms with Gasteiger partial charge in [0.2, 0.25) is 0 Å². The molecular formula is C16H19F4NO. The van der Waals surface area contributed by atoms with Gasteiger partial charge in [-0.2, -0.15) is 0 Å². The molecule has 1 aromatic carbocycles. The summed E-state index contributed by atoms with van der Waals surface area (Å²) in [6.45, 7) is 10.3. The van der Waals surface area contributed by atoms with E-state index in [-0.39, 0.29) is 11.8 Å². The van der Waals surface area contributed by atoms with Crippen LogP contribution in [0.3, 0.4) is 0 Å². The first-order chi connectivity index (χ1) is 10.0. The van der Waals surface area contributed by atoms with Crippen molar-refractivity contribution in [2.75, 3.05) is 0 Å². The van der Waals surface area contributed by atoms with Crippen molar-refractivity contribution in [1.82, 2.24) is 5.32 Å². The minimum absolute atomic E-state index is 0.383. The van der Waals surface area contributed by atoms with Crippen molar-refractivity contribution in [3.63, 3.8) is 0 Å². The number of carbonyl (C=O) groups is 1. The number of carbonyl (C=O) groups excluding carboxylic acids is 1. The van der Waals surface area contributed by atoms with Crippen molar-refractivity contribution in [1.29, 1.82) is 0 Å². The summed E-state index contributed by atoms with van der Waals surface area (Å²) >= 11 is 0. The molecule has 0 unspecified atom stereocenters. The van der Waals surface area contributed by atoms with E-state index in [2.05, 4.69) is 11.9 Å². The first-order valence-electron chi connectivity index (χ1n) is 6.78. The Morgan fingerprint density at radius 2 is 1.59 bits per heavy atom. The molecule has 1 amide bonds. The standard InChI is InChI=1S/C16H19F4NO/c1-6-7-9-11(17)13(19)10(14(20)12(9)18)15(22)21-8(2)16(3,4)5/h6,8H,1,7H2,2-5H3,(H,21,22)/t8-/m0/s1. The van der Waals surface area contributed by atoms with Gasteiger partial charge in [-0.25, -0.2) is 17.6 Å². The molecule has 2 nitrogen and oxygen atoms in total. The molecule has 0 aliphatic rings. The molecule has 0 aliphatic carbocycles. The molecule has 6 heteroatoms. The first-order valence-corrected chi connectivity index (χ1v) is 6.78. The second-order valence-corrected chi connectivity index (χ2v) is 6.16. The van der Waals surface area contributed by atoms with Gasteiger partial charge in [-0.3, -0.25) is 4.79 Å². The fourth-order valence-electron chi connectivity index (χ4n) is 1.69. The lowest BCUT2D eigenvalue weighted by Gasteiger charge is -2.28. The van der Waals surface area contributed by atoms with Gasteiger partial charge in [0, 0.05) is 11.6 Å². The second kappa shape index (κ2) is 6.50. The highest BCUT2D eigenvalue weighted by Crippen LogP contribution is 2.26. The molecule has 1 aromatic rings. The third-order valence-corrected chi connectivity index (χ3v) is 3.58. The zero-order valence-corrected chi connectivity index (χ0v) is 13.0. The minimum Gasteiger partial charge on any atom is -0.349 e. The Morgan fingerprint density at radius 3 is 1.95 bits per heavy atom. The van der Waals surface area contributed by atoms with Crippen molar-refractivity contribution in [3.05, 3.63) is 47.1 Å². The van der Waals surface area contributed by atoms with Gasteiger partial charge in [-0.1, -0.05) is 26.8 Å². The van der Waals surface area contributed by atoms with Crippen molar-refractivity contribution in [3.8, 4) is 0 Å². The van der Waals surface area contributed by atoms with E-state index < -0.39 is 46.3 Å². The van der Waals surface area contributed by atoms with E-state index in [1.54, 1.807) is 27.7 Å². The van der Waals surface area contributed by atoms with Crippen LogP contribution in [0.5, 0.6) is 0 Å². The predicted octanol–water partition coefficient (Wildman–Crippen LogP) is 4.14. The maximum absolute atomic E-state index is 13.9. The van der Waals surface area contributed by atoms with Crippen LogP contribution in [0.1, 0.15) is 43.6 Å². The fourth-order valence-corrected chi connectivity index (χ4v) is 1.69. The van der Waals surface area contributed by atoms with Crippen LogP contribution in [0.2, 0.25) is 0 Å². The number of nitrogens with one attached hydrogen (secondary N) is 1. The quantitative estimate of drug-likeness (QED) is 0.505. The number of rotatable bonds is 4. The molecule has 0 heterocycles. The lowest BCUT2D eigenvalue weighted by molar-refractivity contribution is 0.0898. The third-order valence-electron chi connectivity index (χ3n) is 3.58. The first kappa shape index (κ1) is 18.2. The Balaban J connectivity index is 3.32. The average Bonchev–Trinajstić information content (AvgIpc) is 2.40. The summed E-state index contributed by atoms with van der Waals surface area (Å²) in [6, 6.07) is -0.460. The van der Waals surface area contributed by atoms with E-state index >= 15 is 0 Å². The van der Waals surface area contributed by atoms with Crippen molar-refractivity contribution < 1.29 is 22.4 Å². The van der Waals surface area contributed by atoms with Crippen LogP contribution in [0.25, 0.3) is 0 Å². The highest BCUT2D eigenvalue weighted by atomic mass is 19.2. The summed E-state index contributed by atoms with van der Waals surface area (Å²) in [6.07, 6.45) is 0.730. The topological polar surface area (TPSA) is 29.1 Å². The molecule has 1 rings (SSSR count). The largest absolute Gasteiger partial charge is 0.349 e. The number of hydrogen-bond donors (Lipinski definition) is 1. The van der Waals surface area contributed by atoms with Gasteiger partial charge in [0.15, 0.2) is 23.3 Å². The predicted molar refractivity (Wildman–Crippen MR) is 76.6 cm³/mol. The van der Waals surface area contributed by atoms with Gasteiger partial charge in [-0.15, -0.1) is 6.58 Å². The van der Waals surface area contributed by atoms with E-state index in [1.165, 1.54) is 0 Å². The van der Waals surface area contributed by atoms with E-state index in [0.717, 1.165) is 6.08 Å². The van der Waals surface area contributed by atoms with E-state index in [0.29, 0.717) is 0 Å². The number of hydrogen-bond acceptors (Lipinski definition) is 1. The number of benzene rings is 1. The number of allylic oxidation sites excluding steroid dienone is 1. The van der Waals surface area contributed by atoms with Crippen LogP contribution in [-0.2, 0) is 6.42 Å². The Bertz CT molecular complexity index is 576. The molecule has 0 radical (unpaired) electrons. The summed E-state index contributed by atoms with van der Waals surface area (Å²) in [7, 11) is 0. The molecule has 0 saturated heterocycles. The maximum atomic E-state index is 13.9. The Hall–Kier alpha value is -1.85. The molecule has 0 fully saturated rings. The number of halogens is 4. The van der Waals surface area contributed by atoms with Crippen LogP contribution in [0.15, 0.2) is 12.7 Å². The smallest absolute Gasteiger partial charge is 0.257 e. The molecule has 0 spiro atoms. The Morgan fingerprint density at radius 1 is 1.14 bits per heavy atom. The molecular weight excluding hydrogens is 298 g/mol. The van der Waals surface area contributed by atoms with Crippen molar-refractivity contribution >= 4 is 5.91 Å². The maximum Gasteiger partial charge on any atom is 0.257 e. The number of amides is 1. The third kappa shape index (κ3) is 3.48. The van der Waals surface area contributed by atoms with Gasteiger partial charge in [-0.05, 0) is 18.8 Å². The van der Waals surface area contributed by atoms with Gasteiger partial charge in [0.25, 0.3) is 5.91 Å².